The topological polar surface area (TPSA) is 47.4 Å². The van der Waals surface area contributed by atoms with Crippen molar-refractivity contribution in [2.75, 3.05) is 0 Å². The summed E-state index contributed by atoms with van der Waals surface area (Å²) in [6.45, 7) is 5.76. The van der Waals surface area contributed by atoms with Crippen LogP contribution in [0.1, 0.15) is 57.3 Å². The van der Waals surface area contributed by atoms with Gasteiger partial charge in [-0.2, -0.15) is 5.10 Å². The molecule has 0 unspecified atom stereocenters. The minimum atomic E-state index is -0.481. The standard InChI is InChI=1S/C21H27N3O2/c1-21(2,3)26-20(25)24-15-11-8-12-17(24)18-16(13-15)19(23(4)22-18)14-9-6-5-7-10-14/h5-7,9-10,15,17H,8,11-13H2,1-4H3/t15-,17+/m1/s1. The van der Waals surface area contributed by atoms with Gasteiger partial charge >= 0.3 is 6.09 Å². The summed E-state index contributed by atoms with van der Waals surface area (Å²) in [7, 11) is 2.00. The van der Waals surface area contributed by atoms with Gasteiger partial charge in [-0.15, -0.1) is 0 Å². The fraction of sp³-hybridized carbons (Fsp3) is 0.524. The van der Waals surface area contributed by atoms with E-state index in [9.17, 15) is 4.79 Å². The Morgan fingerprint density at radius 2 is 1.92 bits per heavy atom. The maximum absolute atomic E-state index is 12.9. The third-order valence-electron chi connectivity index (χ3n) is 5.33. The Balaban J connectivity index is 1.75. The second-order valence-corrected chi connectivity index (χ2v) is 8.39. The molecule has 1 amide bonds. The summed E-state index contributed by atoms with van der Waals surface area (Å²) in [6.07, 6.45) is 3.76. The number of benzene rings is 1. The Morgan fingerprint density at radius 1 is 1.19 bits per heavy atom. The van der Waals surface area contributed by atoms with Gasteiger partial charge in [-0.3, -0.25) is 9.58 Å². The van der Waals surface area contributed by atoms with Crippen LogP contribution in [0, 0.1) is 0 Å². The van der Waals surface area contributed by atoms with Gasteiger partial charge in [0.05, 0.1) is 17.4 Å². The number of aryl methyl sites for hydroxylation is 1. The molecule has 0 spiro atoms. The van der Waals surface area contributed by atoms with E-state index >= 15 is 0 Å². The highest BCUT2D eigenvalue weighted by Gasteiger charge is 2.44. The SMILES string of the molecule is Cn1nc2c(c1-c1ccccc1)C[C@H]1CCC[C@@H]2N1C(=O)OC(C)(C)C. The number of aromatic nitrogens is 2. The average molecular weight is 353 g/mol. The van der Waals surface area contributed by atoms with Crippen molar-refractivity contribution in [1.82, 2.24) is 14.7 Å². The lowest BCUT2D eigenvalue weighted by molar-refractivity contribution is -0.0103. The number of ether oxygens (including phenoxy) is 1. The van der Waals surface area contributed by atoms with Crippen LogP contribution in [0.4, 0.5) is 4.79 Å². The van der Waals surface area contributed by atoms with Crippen LogP contribution in [0.5, 0.6) is 0 Å². The molecule has 2 aliphatic heterocycles. The molecule has 26 heavy (non-hydrogen) atoms. The molecule has 2 atom stereocenters. The molecular weight excluding hydrogens is 326 g/mol. The molecule has 4 rings (SSSR count). The number of nitrogens with zero attached hydrogens (tertiary/aromatic N) is 3. The van der Waals surface area contributed by atoms with Crippen molar-refractivity contribution in [2.45, 2.75) is 64.1 Å². The van der Waals surface area contributed by atoms with E-state index in [0.717, 1.165) is 31.4 Å². The monoisotopic (exact) mass is 353 g/mol. The largest absolute Gasteiger partial charge is 0.444 e. The first-order chi connectivity index (χ1) is 12.3. The molecule has 1 aromatic heterocycles. The quantitative estimate of drug-likeness (QED) is 0.760. The molecule has 0 saturated carbocycles. The van der Waals surface area contributed by atoms with Gasteiger partial charge in [0.2, 0.25) is 0 Å². The molecule has 0 N–H and O–H groups in total. The number of carbonyl (C=O) groups excluding carboxylic acids is 1. The molecule has 5 heteroatoms. The van der Waals surface area contributed by atoms with Crippen molar-refractivity contribution >= 4 is 6.09 Å². The fourth-order valence-corrected chi connectivity index (χ4v) is 4.39. The third kappa shape index (κ3) is 2.89. The van der Waals surface area contributed by atoms with Crippen LogP contribution in [-0.4, -0.2) is 32.4 Å². The highest BCUT2D eigenvalue weighted by atomic mass is 16.6. The van der Waals surface area contributed by atoms with Gasteiger partial charge in [0, 0.05) is 24.2 Å². The van der Waals surface area contributed by atoms with E-state index < -0.39 is 5.60 Å². The Kier molecular flexibility index (Phi) is 4.05. The normalized spacial score (nSPS) is 22.1. The summed E-state index contributed by atoms with van der Waals surface area (Å²) in [6, 6.07) is 10.6. The number of piperidine rings is 1. The van der Waals surface area contributed by atoms with Gasteiger partial charge in [0.15, 0.2) is 0 Å². The van der Waals surface area contributed by atoms with E-state index in [2.05, 4.69) is 24.3 Å². The minimum absolute atomic E-state index is 0.0241. The zero-order valence-electron chi connectivity index (χ0n) is 16.0. The van der Waals surface area contributed by atoms with Gasteiger partial charge in [0.25, 0.3) is 0 Å². The van der Waals surface area contributed by atoms with Gasteiger partial charge in [-0.25, -0.2) is 4.79 Å². The van der Waals surface area contributed by atoms with Crippen LogP contribution in [0.2, 0.25) is 0 Å². The zero-order valence-corrected chi connectivity index (χ0v) is 16.0. The second-order valence-electron chi connectivity index (χ2n) is 8.39. The molecule has 2 aromatic rings. The lowest BCUT2D eigenvalue weighted by Crippen LogP contribution is -2.51. The van der Waals surface area contributed by atoms with Crippen molar-refractivity contribution in [3.05, 3.63) is 41.6 Å². The maximum atomic E-state index is 12.9. The van der Waals surface area contributed by atoms with Crippen molar-refractivity contribution in [3.8, 4) is 11.3 Å². The number of amides is 1. The minimum Gasteiger partial charge on any atom is -0.444 e. The highest BCUT2D eigenvalue weighted by molar-refractivity contribution is 5.72. The summed E-state index contributed by atoms with van der Waals surface area (Å²) in [5, 5.41) is 4.84. The Hall–Kier alpha value is -2.30. The molecule has 5 nitrogen and oxygen atoms in total. The van der Waals surface area contributed by atoms with E-state index in [1.807, 2.05) is 43.5 Å². The summed E-state index contributed by atoms with van der Waals surface area (Å²) in [4.78, 5) is 14.8. The van der Waals surface area contributed by atoms with Crippen molar-refractivity contribution in [1.29, 1.82) is 0 Å². The molecule has 2 bridgehead atoms. The highest BCUT2D eigenvalue weighted by Crippen LogP contribution is 2.44. The van der Waals surface area contributed by atoms with E-state index in [0.29, 0.717) is 0 Å². The van der Waals surface area contributed by atoms with E-state index in [1.165, 1.54) is 16.8 Å². The molecule has 3 heterocycles. The average Bonchev–Trinajstić information content (AvgIpc) is 2.89. The van der Waals surface area contributed by atoms with E-state index in [-0.39, 0.29) is 18.2 Å². The number of hydrogen-bond acceptors (Lipinski definition) is 3. The number of carbonyl (C=O) groups is 1. The summed E-state index contributed by atoms with van der Waals surface area (Å²) >= 11 is 0. The Labute approximate surface area is 154 Å². The molecule has 1 saturated heterocycles. The number of rotatable bonds is 1. The van der Waals surface area contributed by atoms with Gasteiger partial charge in [0.1, 0.15) is 5.60 Å². The first-order valence-corrected chi connectivity index (χ1v) is 9.47. The first kappa shape index (κ1) is 17.1. The third-order valence-corrected chi connectivity index (χ3v) is 5.33. The summed E-state index contributed by atoms with van der Waals surface area (Å²) in [5.74, 6) is 0. The number of fused-ring (bicyclic) bond motifs is 4. The summed E-state index contributed by atoms with van der Waals surface area (Å²) < 4.78 is 7.68. The maximum Gasteiger partial charge on any atom is 0.411 e. The van der Waals surface area contributed by atoms with Crippen LogP contribution in [-0.2, 0) is 18.2 Å². The van der Waals surface area contributed by atoms with Crippen molar-refractivity contribution in [3.63, 3.8) is 0 Å². The smallest absolute Gasteiger partial charge is 0.411 e. The molecule has 0 aliphatic carbocycles. The van der Waals surface area contributed by atoms with Crippen LogP contribution in [0.25, 0.3) is 11.3 Å². The number of hydrogen-bond donors (Lipinski definition) is 0. The van der Waals surface area contributed by atoms with Crippen LogP contribution >= 0.6 is 0 Å². The molecule has 138 valence electrons. The Morgan fingerprint density at radius 3 is 2.62 bits per heavy atom. The predicted molar refractivity (Wildman–Crippen MR) is 101 cm³/mol. The van der Waals surface area contributed by atoms with Crippen LogP contribution < -0.4 is 0 Å². The lowest BCUT2D eigenvalue weighted by atomic mass is 9.82. The molecule has 0 radical (unpaired) electrons. The predicted octanol–water partition coefficient (Wildman–Crippen LogP) is 4.47. The fourth-order valence-electron chi connectivity index (χ4n) is 4.39. The zero-order chi connectivity index (χ0) is 18.5. The van der Waals surface area contributed by atoms with Gasteiger partial charge in [-0.1, -0.05) is 30.3 Å². The van der Waals surface area contributed by atoms with Gasteiger partial charge in [-0.05, 0) is 46.5 Å². The van der Waals surface area contributed by atoms with Gasteiger partial charge < -0.3 is 4.74 Å². The molecule has 1 fully saturated rings. The summed E-state index contributed by atoms with van der Waals surface area (Å²) in [5.41, 5.74) is 4.24. The Bertz CT molecular complexity index is 820. The molecule has 1 aromatic carbocycles. The van der Waals surface area contributed by atoms with Crippen LogP contribution in [0.15, 0.2) is 30.3 Å². The first-order valence-electron chi connectivity index (χ1n) is 9.47. The van der Waals surface area contributed by atoms with E-state index in [1.54, 1.807) is 0 Å². The van der Waals surface area contributed by atoms with Crippen molar-refractivity contribution in [2.24, 2.45) is 7.05 Å². The van der Waals surface area contributed by atoms with Crippen molar-refractivity contribution < 1.29 is 9.53 Å². The lowest BCUT2D eigenvalue weighted by Gasteiger charge is -2.45. The van der Waals surface area contributed by atoms with Crippen LogP contribution in [0.3, 0.4) is 0 Å². The molecular formula is C21H27N3O2. The molecule has 2 aliphatic rings. The van der Waals surface area contributed by atoms with E-state index in [4.69, 9.17) is 9.84 Å². The second kappa shape index (κ2) is 6.15.